The minimum Gasteiger partial charge on any atom is -0.342 e. The first kappa shape index (κ1) is 13.5. The highest BCUT2D eigenvalue weighted by atomic mass is 16.2. The molecule has 2 aromatic heterocycles. The fraction of sp³-hybridized carbons (Fsp3) is 0.600. The Labute approximate surface area is 128 Å². The van der Waals surface area contributed by atoms with E-state index in [0.717, 1.165) is 44.6 Å². The first-order valence-electron chi connectivity index (χ1n) is 7.96. The third-order valence-electron chi connectivity index (χ3n) is 4.92. The number of aromatic nitrogens is 5. The van der Waals surface area contributed by atoms with Crippen LogP contribution in [0.5, 0.6) is 0 Å². The average molecular weight is 300 g/mol. The predicted octanol–water partition coefficient (Wildman–Crippen LogP) is 0.970. The zero-order chi connectivity index (χ0) is 14.9. The number of hydrogen-bond acceptors (Lipinski definition) is 4. The van der Waals surface area contributed by atoms with Crippen LogP contribution >= 0.6 is 0 Å². The number of rotatable bonds is 2. The van der Waals surface area contributed by atoms with E-state index < -0.39 is 0 Å². The molecule has 0 aromatic carbocycles. The SMILES string of the molecule is O=C(C1CCc2ncnn2C1)N1CCC(c2ccn[nH]2)CC1. The van der Waals surface area contributed by atoms with Gasteiger partial charge in [0.15, 0.2) is 0 Å². The van der Waals surface area contributed by atoms with Gasteiger partial charge in [-0.25, -0.2) is 9.67 Å². The summed E-state index contributed by atoms with van der Waals surface area (Å²) in [7, 11) is 0. The number of fused-ring (bicyclic) bond motifs is 1. The maximum Gasteiger partial charge on any atom is 0.227 e. The van der Waals surface area contributed by atoms with Gasteiger partial charge in [-0.2, -0.15) is 10.2 Å². The van der Waals surface area contributed by atoms with Gasteiger partial charge >= 0.3 is 0 Å². The molecule has 7 nitrogen and oxygen atoms in total. The monoisotopic (exact) mass is 300 g/mol. The summed E-state index contributed by atoms with van der Waals surface area (Å²) in [6, 6.07) is 2.04. The first-order valence-corrected chi connectivity index (χ1v) is 7.96. The van der Waals surface area contributed by atoms with Crippen molar-refractivity contribution < 1.29 is 4.79 Å². The van der Waals surface area contributed by atoms with Gasteiger partial charge in [0.2, 0.25) is 5.91 Å². The summed E-state index contributed by atoms with van der Waals surface area (Å²) in [6.45, 7) is 2.35. The molecule has 4 rings (SSSR count). The van der Waals surface area contributed by atoms with Crippen molar-refractivity contribution in [1.29, 1.82) is 0 Å². The highest BCUT2D eigenvalue weighted by molar-refractivity contribution is 5.79. The zero-order valence-corrected chi connectivity index (χ0v) is 12.5. The number of carbonyl (C=O) groups excluding carboxylic acids is 1. The number of carbonyl (C=O) groups is 1. The molecular formula is C15H20N6O. The van der Waals surface area contributed by atoms with Crippen LogP contribution in [0.1, 0.15) is 36.7 Å². The summed E-state index contributed by atoms with van der Waals surface area (Å²) in [6.07, 6.45) is 7.13. The Morgan fingerprint density at radius 3 is 2.91 bits per heavy atom. The molecule has 1 amide bonds. The third kappa shape index (κ3) is 2.40. The van der Waals surface area contributed by atoms with Crippen LogP contribution < -0.4 is 0 Å². The number of nitrogens with one attached hydrogen (secondary N) is 1. The van der Waals surface area contributed by atoms with Gasteiger partial charge in [0.1, 0.15) is 12.2 Å². The molecule has 1 N–H and O–H groups in total. The molecule has 2 aliphatic rings. The van der Waals surface area contributed by atoms with Crippen molar-refractivity contribution >= 4 is 5.91 Å². The van der Waals surface area contributed by atoms with Gasteiger partial charge in [0, 0.05) is 37.3 Å². The molecule has 1 fully saturated rings. The standard InChI is InChI=1S/C15H20N6O/c22-15(12-1-2-14-16-10-18-21(14)9-12)20-7-4-11(5-8-20)13-3-6-17-19-13/h3,6,10-12H,1-2,4-5,7-9H2,(H,17,19). The topological polar surface area (TPSA) is 79.7 Å². The second kappa shape index (κ2) is 5.55. The van der Waals surface area contributed by atoms with E-state index in [4.69, 9.17) is 0 Å². The molecule has 1 saturated heterocycles. The third-order valence-corrected chi connectivity index (χ3v) is 4.92. The molecule has 116 valence electrons. The van der Waals surface area contributed by atoms with Gasteiger partial charge in [-0.15, -0.1) is 0 Å². The Morgan fingerprint density at radius 1 is 1.27 bits per heavy atom. The van der Waals surface area contributed by atoms with Crippen LogP contribution in [-0.2, 0) is 17.8 Å². The van der Waals surface area contributed by atoms with E-state index in [1.807, 2.05) is 15.6 Å². The molecule has 0 saturated carbocycles. The highest BCUT2D eigenvalue weighted by Crippen LogP contribution is 2.28. The fourth-order valence-electron chi connectivity index (χ4n) is 3.60. The number of amides is 1. The van der Waals surface area contributed by atoms with Crippen molar-refractivity contribution in [1.82, 2.24) is 29.9 Å². The largest absolute Gasteiger partial charge is 0.342 e. The van der Waals surface area contributed by atoms with Gasteiger partial charge in [-0.05, 0) is 25.3 Å². The van der Waals surface area contributed by atoms with Crippen LogP contribution in [0.2, 0.25) is 0 Å². The minimum atomic E-state index is 0.0536. The van der Waals surface area contributed by atoms with Crippen LogP contribution in [0.3, 0.4) is 0 Å². The van der Waals surface area contributed by atoms with Gasteiger partial charge in [0.25, 0.3) is 0 Å². The Morgan fingerprint density at radius 2 is 2.14 bits per heavy atom. The molecule has 0 spiro atoms. The molecule has 0 radical (unpaired) electrons. The van der Waals surface area contributed by atoms with E-state index in [-0.39, 0.29) is 11.8 Å². The molecule has 1 unspecified atom stereocenters. The normalized spacial score (nSPS) is 22.5. The molecule has 22 heavy (non-hydrogen) atoms. The molecule has 2 aliphatic heterocycles. The van der Waals surface area contributed by atoms with Crippen LogP contribution in [0.25, 0.3) is 0 Å². The number of aryl methyl sites for hydroxylation is 1. The zero-order valence-electron chi connectivity index (χ0n) is 12.5. The summed E-state index contributed by atoms with van der Waals surface area (Å²) in [5.41, 5.74) is 1.19. The van der Waals surface area contributed by atoms with E-state index in [9.17, 15) is 4.79 Å². The summed E-state index contributed by atoms with van der Waals surface area (Å²) in [5, 5.41) is 11.3. The quantitative estimate of drug-likeness (QED) is 0.896. The fourth-order valence-corrected chi connectivity index (χ4v) is 3.60. The number of hydrogen-bond donors (Lipinski definition) is 1. The van der Waals surface area contributed by atoms with Gasteiger partial charge in [-0.3, -0.25) is 9.89 Å². The van der Waals surface area contributed by atoms with E-state index in [2.05, 4.69) is 20.3 Å². The van der Waals surface area contributed by atoms with Crippen molar-refractivity contribution in [3.63, 3.8) is 0 Å². The van der Waals surface area contributed by atoms with E-state index in [1.54, 1.807) is 12.5 Å². The highest BCUT2D eigenvalue weighted by Gasteiger charge is 2.31. The summed E-state index contributed by atoms with van der Waals surface area (Å²) in [4.78, 5) is 19.0. The second-order valence-electron chi connectivity index (χ2n) is 6.21. The van der Waals surface area contributed by atoms with E-state index >= 15 is 0 Å². The lowest BCUT2D eigenvalue weighted by molar-refractivity contribution is -0.137. The lowest BCUT2D eigenvalue weighted by Gasteiger charge is -2.34. The minimum absolute atomic E-state index is 0.0536. The van der Waals surface area contributed by atoms with Gasteiger partial charge < -0.3 is 4.90 Å². The molecule has 0 bridgehead atoms. The molecule has 7 heteroatoms. The van der Waals surface area contributed by atoms with Crippen LogP contribution in [0.15, 0.2) is 18.6 Å². The lowest BCUT2D eigenvalue weighted by atomic mass is 9.91. The van der Waals surface area contributed by atoms with Crippen molar-refractivity contribution in [2.24, 2.45) is 5.92 Å². The Balaban J connectivity index is 1.37. The number of likely N-dealkylation sites (tertiary alicyclic amines) is 1. The number of piperidine rings is 1. The Hall–Kier alpha value is -2.18. The molecule has 2 aromatic rings. The molecule has 1 atom stereocenters. The van der Waals surface area contributed by atoms with Gasteiger partial charge in [-0.1, -0.05) is 0 Å². The van der Waals surface area contributed by atoms with E-state index in [1.165, 1.54) is 5.69 Å². The van der Waals surface area contributed by atoms with Crippen molar-refractivity contribution in [2.75, 3.05) is 13.1 Å². The van der Waals surface area contributed by atoms with Gasteiger partial charge in [0.05, 0.1) is 12.5 Å². The number of nitrogens with zero attached hydrogens (tertiary/aromatic N) is 5. The van der Waals surface area contributed by atoms with Crippen molar-refractivity contribution in [3.05, 3.63) is 30.1 Å². The summed E-state index contributed by atoms with van der Waals surface area (Å²) < 4.78 is 1.88. The molecule has 4 heterocycles. The van der Waals surface area contributed by atoms with Crippen LogP contribution in [0.4, 0.5) is 0 Å². The average Bonchev–Trinajstić information content (AvgIpc) is 3.25. The second-order valence-corrected chi connectivity index (χ2v) is 6.21. The summed E-state index contributed by atoms with van der Waals surface area (Å²) >= 11 is 0. The first-order chi connectivity index (χ1) is 10.8. The van der Waals surface area contributed by atoms with Crippen LogP contribution in [0, 0.1) is 5.92 Å². The maximum atomic E-state index is 12.7. The smallest absolute Gasteiger partial charge is 0.227 e. The van der Waals surface area contributed by atoms with Crippen molar-refractivity contribution in [2.45, 2.75) is 38.1 Å². The number of H-pyrrole nitrogens is 1. The summed E-state index contributed by atoms with van der Waals surface area (Å²) in [5.74, 6) is 1.84. The van der Waals surface area contributed by atoms with E-state index in [0.29, 0.717) is 12.5 Å². The molecular weight excluding hydrogens is 280 g/mol. The van der Waals surface area contributed by atoms with Crippen molar-refractivity contribution in [3.8, 4) is 0 Å². The maximum absolute atomic E-state index is 12.7. The lowest BCUT2D eigenvalue weighted by Crippen LogP contribution is -2.43. The number of aromatic amines is 1. The van der Waals surface area contributed by atoms with Crippen LogP contribution in [-0.4, -0.2) is 48.9 Å². The Bertz CT molecular complexity index is 641. The Kier molecular flexibility index (Phi) is 3.40. The predicted molar refractivity (Wildman–Crippen MR) is 79.0 cm³/mol. The molecule has 0 aliphatic carbocycles.